The van der Waals surface area contributed by atoms with Gasteiger partial charge in [0.2, 0.25) is 0 Å². The van der Waals surface area contributed by atoms with Crippen LogP contribution in [-0.4, -0.2) is 22.5 Å². The van der Waals surface area contributed by atoms with E-state index in [0.717, 1.165) is 33.3 Å². The van der Waals surface area contributed by atoms with Crippen LogP contribution in [0.15, 0.2) is 60.7 Å². The molecule has 1 unspecified atom stereocenters. The lowest BCUT2D eigenvalue weighted by molar-refractivity contribution is -0.123. The summed E-state index contributed by atoms with van der Waals surface area (Å²) in [6.07, 6.45) is -0.792. The van der Waals surface area contributed by atoms with Crippen LogP contribution in [0.1, 0.15) is 79.0 Å². The lowest BCUT2D eigenvalue weighted by Crippen LogP contribution is -2.30. The number of hydrogen-bond acceptors (Lipinski definition) is 3. The number of fused-ring (bicyclic) bond motifs is 1. The van der Waals surface area contributed by atoms with Crippen LogP contribution in [0, 0.1) is 13.8 Å². The van der Waals surface area contributed by atoms with Crippen molar-refractivity contribution in [2.45, 2.75) is 72.6 Å². The molecule has 0 aliphatic heterocycles. The number of primary amides is 1. The van der Waals surface area contributed by atoms with Gasteiger partial charge in [-0.2, -0.15) is 0 Å². The second-order valence-corrected chi connectivity index (χ2v) is 11.9. The van der Waals surface area contributed by atoms with Crippen LogP contribution in [0.25, 0.3) is 10.9 Å². The van der Waals surface area contributed by atoms with Crippen LogP contribution in [-0.2, 0) is 16.8 Å². The Balaban J connectivity index is 1.56. The molecule has 0 aliphatic carbocycles. The van der Waals surface area contributed by atoms with Gasteiger partial charge in [-0.25, -0.2) is 0 Å². The predicted molar refractivity (Wildman–Crippen MR) is 162 cm³/mol. The molecule has 3 aromatic carbocycles. The minimum atomic E-state index is -0.792. The van der Waals surface area contributed by atoms with E-state index < -0.39 is 12.0 Å². The first-order chi connectivity index (χ1) is 18.8. The smallest absolute Gasteiger partial charge is 0.258 e. The third-order valence-corrected chi connectivity index (χ3v) is 7.88. The fraction of sp³-hybridized carbons (Fsp3) is 0.333. The third-order valence-electron chi connectivity index (χ3n) is 7.57. The van der Waals surface area contributed by atoms with Crippen LogP contribution in [0.4, 0.5) is 0 Å². The van der Waals surface area contributed by atoms with Gasteiger partial charge in [-0.05, 0) is 85.7 Å². The summed E-state index contributed by atoms with van der Waals surface area (Å²) in [5.74, 6) is -0.253. The van der Waals surface area contributed by atoms with Gasteiger partial charge in [0, 0.05) is 28.7 Å². The van der Waals surface area contributed by atoms with E-state index in [4.69, 9.17) is 22.1 Å². The number of nitrogens with one attached hydrogen (secondary N) is 1. The van der Waals surface area contributed by atoms with Gasteiger partial charge >= 0.3 is 0 Å². The molecule has 1 heterocycles. The van der Waals surface area contributed by atoms with Gasteiger partial charge in [-0.1, -0.05) is 62.7 Å². The molecular formula is C33H38ClN3O3. The number of rotatable bonds is 8. The van der Waals surface area contributed by atoms with Crippen molar-refractivity contribution >= 4 is 34.3 Å². The van der Waals surface area contributed by atoms with Gasteiger partial charge in [-0.15, -0.1) is 0 Å². The third kappa shape index (κ3) is 6.18. The second kappa shape index (κ2) is 11.4. The molecule has 0 aliphatic rings. The number of aromatic nitrogens is 1. The van der Waals surface area contributed by atoms with Crippen molar-refractivity contribution < 1.29 is 14.3 Å². The Labute approximate surface area is 241 Å². The molecule has 1 aromatic heterocycles. The summed E-state index contributed by atoms with van der Waals surface area (Å²) in [4.78, 5) is 24.7. The summed E-state index contributed by atoms with van der Waals surface area (Å²) in [5.41, 5.74) is 12.6. The fourth-order valence-corrected chi connectivity index (χ4v) is 4.96. The summed E-state index contributed by atoms with van der Waals surface area (Å²) in [6.45, 7) is 14.9. The highest BCUT2D eigenvalue weighted by Crippen LogP contribution is 2.31. The Morgan fingerprint density at radius 2 is 1.68 bits per heavy atom. The first-order valence-corrected chi connectivity index (χ1v) is 13.9. The molecule has 0 spiro atoms. The maximum atomic E-state index is 13.2. The summed E-state index contributed by atoms with van der Waals surface area (Å²) >= 11 is 6.30. The maximum absolute atomic E-state index is 13.2. The van der Waals surface area contributed by atoms with Crippen molar-refractivity contribution in [3.63, 3.8) is 0 Å². The predicted octanol–water partition coefficient (Wildman–Crippen LogP) is 7.00. The zero-order valence-electron chi connectivity index (χ0n) is 24.3. The number of nitrogens with zero attached hydrogens (tertiary/aromatic N) is 1. The number of carbonyl (C=O) groups excluding carboxylic acids is 2. The highest BCUT2D eigenvalue weighted by Gasteiger charge is 2.19. The van der Waals surface area contributed by atoms with E-state index in [1.54, 1.807) is 13.0 Å². The minimum absolute atomic E-state index is 0.0833. The summed E-state index contributed by atoms with van der Waals surface area (Å²) in [7, 11) is 0. The number of benzene rings is 3. The van der Waals surface area contributed by atoms with E-state index in [-0.39, 0.29) is 17.4 Å². The monoisotopic (exact) mass is 559 g/mol. The lowest BCUT2D eigenvalue weighted by Gasteiger charge is -2.21. The van der Waals surface area contributed by atoms with Crippen molar-refractivity contribution in [2.24, 2.45) is 5.73 Å². The zero-order chi connectivity index (χ0) is 29.4. The molecule has 210 valence electrons. The molecule has 4 aromatic rings. The first kappa shape index (κ1) is 29.2. The molecule has 4 rings (SSSR count). The van der Waals surface area contributed by atoms with Crippen LogP contribution in [0.3, 0.4) is 0 Å². The standard InChI is InChI=1S/C33H38ClN3O3/c1-19-21(3)37(18-23-8-14-28(34)30(16-23)40-22(4)31(35)38)29-15-11-25(17-27(19)29)32(39)36-20(2)24-9-12-26(13-10-24)33(5,6)7/h8-17,20,22H,18H2,1-7H3,(H2,35,38)(H,36,39)/t20-,22?/m0/s1. The molecule has 3 N–H and O–H groups in total. The van der Waals surface area contributed by atoms with Crippen molar-refractivity contribution in [3.05, 3.63) is 99.2 Å². The number of amides is 2. The number of carbonyl (C=O) groups is 2. The molecule has 2 amide bonds. The number of ether oxygens (including phenoxy) is 1. The topological polar surface area (TPSA) is 86.3 Å². The van der Waals surface area contributed by atoms with E-state index in [0.29, 0.717) is 22.9 Å². The number of hydrogen-bond donors (Lipinski definition) is 2. The number of halogens is 1. The normalized spacial score (nSPS) is 13.2. The Morgan fingerprint density at radius 1 is 1.00 bits per heavy atom. The van der Waals surface area contributed by atoms with E-state index >= 15 is 0 Å². The van der Waals surface area contributed by atoms with Gasteiger partial charge in [-0.3, -0.25) is 9.59 Å². The fourth-order valence-electron chi connectivity index (χ4n) is 4.80. The van der Waals surface area contributed by atoms with Crippen LogP contribution in [0.2, 0.25) is 5.02 Å². The van der Waals surface area contributed by atoms with Gasteiger partial charge in [0.05, 0.1) is 11.1 Å². The maximum Gasteiger partial charge on any atom is 0.258 e. The highest BCUT2D eigenvalue weighted by molar-refractivity contribution is 6.32. The van der Waals surface area contributed by atoms with E-state index in [9.17, 15) is 9.59 Å². The van der Waals surface area contributed by atoms with Gasteiger partial charge in [0.15, 0.2) is 6.10 Å². The van der Waals surface area contributed by atoms with Gasteiger partial charge < -0.3 is 20.4 Å². The molecule has 0 saturated heterocycles. The highest BCUT2D eigenvalue weighted by atomic mass is 35.5. The first-order valence-electron chi connectivity index (χ1n) is 13.5. The van der Waals surface area contributed by atoms with Crippen molar-refractivity contribution in [1.82, 2.24) is 9.88 Å². The van der Waals surface area contributed by atoms with E-state index in [1.807, 2.05) is 37.3 Å². The van der Waals surface area contributed by atoms with Crippen LogP contribution < -0.4 is 15.8 Å². The molecule has 2 atom stereocenters. The molecular weight excluding hydrogens is 522 g/mol. The molecule has 0 fully saturated rings. The average molecular weight is 560 g/mol. The Bertz CT molecular complexity index is 1560. The Hall–Kier alpha value is -3.77. The molecule has 0 bridgehead atoms. The lowest BCUT2D eigenvalue weighted by atomic mass is 9.86. The number of nitrogens with two attached hydrogens (primary N) is 1. The van der Waals surface area contributed by atoms with Crippen LogP contribution >= 0.6 is 11.6 Å². The molecule has 0 saturated carbocycles. The summed E-state index contributed by atoms with van der Waals surface area (Å²) in [5, 5.41) is 4.59. The largest absolute Gasteiger partial charge is 0.479 e. The van der Waals surface area contributed by atoms with E-state index in [1.165, 1.54) is 5.56 Å². The minimum Gasteiger partial charge on any atom is -0.479 e. The molecule has 6 nitrogen and oxygen atoms in total. The molecule has 7 heteroatoms. The van der Waals surface area contributed by atoms with E-state index in [2.05, 4.69) is 68.8 Å². The average Bonchev–Trinajstić information content (AvgIpc) is 3.14. The summed E-state index contributed by atoms with van der Waals surface area (Å²) in [6, 6.07) is 19.7. The molecule has 0 radical (unpaired) electrons. The van der Waals surface area contributed by atoms with Crippen LogP contribution in [0.5, 0.6) is 5.75 Å². The zero-order valence-corrected chi connectivity index (χ0v) is 25.0. The van der Waals surface area contributed by atoms with Gasteiger partial charge in [0.1, 0.15) is 5.75 Å². The summed E-state index contributed by atoms with van der Waals surface area (Å²) < 4.78 is 7.88. The van der Waals surface area contributed by atoms with Gasteiger partial charge in [0.25, 0.3) is 11.8 Å². The number of aryl methyl sites for hydroxylation is 1. The molecule has 40 heavy (non-hydrogen) atoms. The quantitative estimate of drug-likeness (QED) is 0.244. The van der Waals surface area contributed by atoms with Crippen molar-refractivity contribution in [1.29, 1.82) is 0 Å². The SMILES string of the molecule is Cc1c(C)n(Cc2ccc(Cl)c(OC(C)C(N)=O)c2)c2ccc(C(=O)N[C@@H](C)c3ccc(C(C)(C)C)cc3)cc12. The van der Waals surface area contributed by atoms with Crippen molar-refractivity contribution in [3.8, 4) is 5.75 Å². The second-order valence-electron chi connectivity index (χ2n) is 11.5. The Morgan fingerprint density at radius 3 is 2.30 bits per heavy atom. The van der Waals surface area contributed by atoms with Crippen molar-refractivity contribution in [2.75, 3.05) is 0 Å². The Kier molecular flexibility index (Phi) is 8.31.